The summed E-state index contributed by atoms with van der Waals surface area (Å²) >= 11 is 0. The fraction of sp³-hybridized carbons (Fsp3) is 0.333. The number of carboxylic acids is 1. The van der Waals surface area contributed by atoms with E-state index in [1.165, 1.54) is 22.0 Å². The Labute approximate surface area is 127 Å². The highest BCUT2D eigenvalue weighted by molar-refractivity contribution is 5.84. The van der Waals surface area contributed by atoms with Gasteiger partial charge in [0, 0.05) is 7.05 Å². The molecule has 0 saturated heterocycles. The molecule has 1 aliphatic carbocycles. The van der Waals surface area contributed by atoms with Gasteiger partial charge in [0.25, 0.3) is 0 Å². The van der Waals surface area contributed by atoms with Crippen LogP contribution < -0.4 is 0 Å². The second-order valence-corrected chi connectivity index (χ2v) is 5.36. The molecular formula is C15H16N4O3. The summed E-state index contributed by atoms with van der Waals surface area (Å²) < 4.78 is 1.25. The summed E-state index contributed by atoms with van der Waals surface area (Å²) in [6.45, 7) is -0.0184. The molecule has 0 spiro atoms. The fourth-order valence-corrected chi connectivity index (χ4v) is 2.83. The van der Waals surface area contributed by atoms with E-state index in [-0.39, 0.29) is 24.2 Å². The number of aryl methyl sites for hydroxylation is 1. The first kappa shape index (κ1) is 14.2. The first-order valence-corrected chi connectivity index (χ1v) is 7.03. The van der Waals surface area contributed by atoms with Crippen LogP contribution in [0.2, 0.25) is 0 Å². The molecule has 7 heteroatoms. The van der Waals surface area contributed by atoms with Gasteiger partial charge in [0.15, 0.2) is 5.69 Å². The Morgan fingerprint density at radius 3 is 2.91 bits per heavy atom. The maximum atomic E-state index is 12.4. The molecule has 0 bridgehead atoms. The SMILES string of the molecule is CN(C(=O)Cn1cc(C(=O)O)nn1)C1CCc2ccccc21. The Morgan fingerprint density at radius 2 is 2.18 bits per heavy atom. The van der Waals surface area contributed by atoms with Gasteiger partial charge >= 0.3 is 5.97 Å². The molecule has 22 heavy (non-hydrogen) atoms. The van der Waals surface area contributed by atoms with Gasteiger partial charge in [0.1, 0.15) is 6.54 Å². The number of carboxylic acid groups (broad SMARTS) is 1. The number of likely N-dealkylation sites (N-methyl/N-ethyl adjacent to an activating group) is 1. The van der Waals surface area contributed by atoms with Gasteiger partial charge in [-0.25, -0.2) is 9.48 Å². The lowest BCUT2D eigenvalue weighted by Gasteiger charge is -2.25. The van der Waals surface area contributed by atoms with Crippen molar-refractivity contribution in [1.82, 2.24) is 19.9 Å². The number of hydrogen-bond acceptors (Lipinski definition) is 4. The van der Waals surface area contributed by atoms with Crippen LogP contribution in [0.4, 0.5) is 0 Å². The molecule has 1 unspecified atom stereocenters. The molecule has 0 aliphatic heterocycles. The quantitative estimate of drug-likeness (QED) is 0.914. The summed E-state index contributed by atoms with van der Waals surface area (Å²) in [6.07, 6.45) is 3.13. The van der Waals surface area contributed by atoms with E-state index in [1.54, 1.807) is 11.9 Å². The lowest BCUT2D eigenvalue weighted by atomic mass is 10.1. The minimum atomic E-state index is -1.16. The molecule has 1 amide bonds. The van der Waals surface area contributed by atoms with Crippen LogP contribution in [0.5, 0.6) is 0 Å². The summed E-state index contributed by atoms with van der Waals surface area (Å²) in [5.41, 5.74) is 2.30. The maximum absolute atomic E-state index is 12.4. The Morgan fingerprint density at radius 1 is 1.41 bits per heavy atom. The summed E-state index contributed by atoms with van der Waals surface area (Å²) in [7, 11) is 1.77. The molecule has 1 atom stereocenters. The van der Waals surface area contributed by atoms with E-state index in [4.69, 9.17) is 5.11 Å². The Kier molecular flexibility index (Phi) is 3.62. The number of fused-ring (bicyclic) bond motifs is 1. The largest absolute Gasteiger partial charge is 0.476 e. The number of nitrogens with zero attached hydrogens (tertiary/aromatic N) is 4. The Hall–Kier alpha value is -2.70. The standard InChI is InChI=1S/C15H16N4O3/c1-18(13-7-6-10-4-2-3-5-11(10)13)14(20)9-19-8-12(15(21)22)16-17-19/h2-5,8,13H,6-7,9H2,1H3,(H,21,22). The van der Waals surface area contributed by atoms with Crippen molar-refractivity contribution in [2.24, 2.45) is 0 Å². The molecule has 114 valence electrons. The van der Waals surface area contributed by atoms with Gasteiger partial charge < -0.3 is 10.0 Å². The van der Waals surface area contributed by atoms with Gasteiger partial charge in [-0.2, -0.15) is 0 Å². The number of aromatic nitrogens is 3. The number of carbonyl (C=O) groups is 2. The molecule has 1 aromatic heterocycles. The zero-order valence-electron chi connectivity index (χ0n) is 12.1. The van der Waals surface area contributed by atoms with Crippen molar-refractivity contribution in [2.45, 2.75) is 25.4 Å². The lowest BCUT2D eigenvalue weighted by Crippen LogP contribution is -2.33. The topological polar surface area (TPSA) is 88.3 Å². The van der Waals surface area contributed by atoms with Crippen LogP contribution in [0.1, 0.15) is 34.1 Å². The van der Waals surface area contributed by atoms with Crippen molar-refractivity contribution in [3.8, 4) is 0 Å². The highest BCUT2D eigenvalue weighted by Crippen LogP contribution is 2.34. The average Bonchev–Trinajstić information content (AvgIpc) is 3.13. The molecule has 1 aromatic carbocycles. The van der Waals surface area contributed by atoms with Crippen molar-refractivity contribution >= 4 is 11.9 Å². The first-order chi connectivity index (χ1) is 10.6. The number of hydrogen-bond donors (Lipinski definition) is 1. The summed E-state index contributed by atoms with van der Waals surface area (Å²) in [6, 6.07) is 8.18. The van der Waals surface area contributed by atoms with Crippen molar-refractivity contribution in [3.63, 3.8) is 0 Å². The van der Waals surface area contributed by atoms with Gasteiger partial charge in [-0.1, -0.05) is 29.5 Å². The summed E-state index contributed by atoms with van der Waals surface area (Å²) in [5, 5.41) is 16.0. The van der Waals surface area contributed by atoms with Crippen LogP contribution in [0.3, 0.4) is 0 Å². The third kappa shape index (κ3) is 2.57. The Balaban J connectivity index is 1.71. The molecule has 2 aromatic rings. The molecular weight excluding hydrogens is 284 g/mol. The number of amides is 1. The van der Waals surface area contributed by atoms with Gasteiger partial charge in [-0.3, -0.25) is 4.79 Å². The van der Waals surface area contributed by atoms with Gasteiger partial charge in [-0.15, -0.1) is 5.10 Å². The van der Waals surface area contributed by atoms with E-state index < -0.39 is 5.97 Å². The van der Waals surface area contributed by atoms with Crippen molar-refractivity contribution in [3.05, 3.63) is 47.3 Å². The molecule has 1 heterocycles. The van der Waals surface area contributed by atoms with Crippen molar-refractivity contribution in [2.75, 3.05) is 7.05 Å². The number of benzene rings is 1. The second kappa shape index (κ2) is 5.59. The van der Waals surface area contributed by atoms with E-state index in [0.29, 0.717) is 0 Å². The average molecular weight is 300 g/mol. The monoisotopic (exact) mass is 300 g/mol. The minimum absolute atomic E-state index is 0.0184. The zero-order chi connectivity index (χ0) is 15.7. The molecule has 0 saturated carbocycles. The van der Waals surface area contributed by atoms with Gasteiger partial charge in [-0.05, 0) is 24.0 Å². The number of rotatable bonds is 4. The molecule has 1 aliphatic rings. The molecule has 1 N–H and O–H groups in total. The van der Waals surface area contributed by atoms with E-state index >= 15 is 0 Å². The molecule has 0 radical (unpaired) electrons. The third-order valence-electron chi connectivity index (χ3n) is 4.02. The lowest BCUT2D eigenvalue weighted by molar-refractivity contribution is -0.133. The zero-order valence-corrected chi connectivity index (χ0v) is 12.1. The first-order valence-electron chi connectivity index (χ1n) is 7.03. The van der Waals surface area contributed by atoms with E-state index in [9.17, 15) is 9.59 Å². The van der Waals surface area contributed by atoms with Crippen LogP contribution in [0.15, 0.2) is 30.5 Å². The van der Waals surface area contributed by atoms with Crippen molar-refractivity contribution in [1.29, 1.82) is 0 Å². The normalized spacial score (nSPS) is 16.3. The predicted octanol–water partition coefficient (Wildman–Crippen LogP) is 1.12. The molecule has 7 nitrogen and oxygen atoms in total. The summed E-state index contributed by atoms with van der Waals surface area (Å²) in [5.74, 6) is -1.28. The highest BCUT2D eigenvalue weighted by Gasteiger charge is 2.28. The maximum Gasteiger partial charge on any atom is 0.358 e. The third-order valence-corrected chi connectivity index (χ3v) is 4.02. The number of aromatic carboxylic acids is 1. The van der Waals surface area contributed by atoms with E-state index in [0.717, 1.165) is 12.8 Å². The van der Waals surface area contributed by atoms with Crippen LogP contribution in [-0.2, 0) is 17.8 Å². The van der Waals surface area contributed by atoms with Gasteiger partial charge in [0.05, 0.1) is 12.2 Å². The van der Waals surface area contributed by atoms with E-state index in [1.807, 2.05) is 12.1 Å². The molecule has 0 fully saturated rings. The molecule has 3 rings (SSSR count). The van der Waals surface area contributed by atoms with Crippen LogP contribution in [0, 0.1) is 0 Å². The van der Waals surface area contributed by atoms with Crippen LogP contribution in [-0.4, -0.2) is 43.9 Å². The van der Waals surface area contributed by atoms with E-state index in [2.05, 4.69) is 22.4 Å². The van der Waals surface area contributed by atoms with Crippen LogP contribution >= 0.6 is 0 Å². The predicted molar refractivity (Wildman–Crippen MR) is 77.3 cm³/mol. The Bertz CT molecular complexity index is 725. The fourth-order valence-electron chi connectivity index (χ4n) is 2.83. The highest BCUT2D eigenvalue weighted by atomic mass is 16.4. The number of carbonyl (C=O) groups excluding carboxylic acids is 1. The van der Waals surface area contributed by atoms with Gasteiger partial charge in [0.2, 0.25) is 5.91 Å². The van der Waals surface area contributed by atoms with Crippen molar-refractivity contribution < 1.29 is 14.7 Å². The smallest absolute Gasteiger partial charge is 0.358 e. The van der Waals surface area contributed by atoms with Crippen LogP contribution in [0.25, 0.3) is 0 Å². The minimum Gasteiger partial charge on any atom is -0.476 e. The second-order valence-electron chi connectivity index (χ2n) is 5.36. The summed E-state index contributed by atoms with van der Waals surface area (Å²) in [4.78, 5) is 24.8.